The lowest BCUT2D eigenvalue weighted by Crippen LogP contribution is -2.40. The average molecular weight is 226 g/mol. The second-order valence-electron chi connectivity index (χ2n) is 3.85. The van der Waals surface area contributed by atoms with Gasteiger partial charge in [0.25, 0.3) is 0 Å². The van der Waals surface area contributed by atoms with Crippen molar-refractivity contribution >= 4 is 18.4 Å². The zero-order chi connectivity index (χ0) is 11.1. The van der Waals surface area contributed by atoms with Crippen molar-refractivity contribution in [3.63, 3.8) is 0 Å². The Labute approximate surface area is 91.8 Å². The van der Waals surface area contributed by atoms with E-state index in [0.29, 0.717) is 0 Å². The van der Waals surface area contributed by atoms with Crippen LogP contribution in [0.4, 0.5) is 0 Å². The fraction of sp³-hybridized carbons (Fsp3) is 0.667. The number of carboxylic acids is 1. The molecule has 14 heavy (non-hydrogen) atoms. The Balaban J connectivity index is -0.000000177. The molecular formula is C9H20ClNO3. The van der Waals surface area contributed by atoms with Crippen molar-refractivity contribution < 1.29 is 19.5 Å². The summed E-state index contributed by atoms with van der Waals surface area (Å²) in [6.45, 7) is 5.53. The fourth-order valence-corrected chi connectivity index (χ4v) is 0.793. The molecule has 0 aromatic carbocycles. The number of likely N-dealkylation sites (N-methyl/N-ethyl adjacent to an activating group) is 1. The van der Waals surface area contributed by atoms with Crippen molar-refractivity contribution in [1.82, 2.24) is 0 Å². The fourth-order valence-electron chi connectivity index (χ4n) is 0.793. The molecule has 5 heteroatoms. The van der Waals surface area contributed by atoms with Crippen molar-refractivity contribution in [3.8, 4) is 0 Å². The Kier molecular flexibility index (Phi) is 12.2. The molecule has 0 rings (SSSR count). The van der Waals surface area contributed by atoms with E-state index in [1.54, 1.807) is 0 Å². The van der Waals surface area contributed by atoms with E-state index in [4.69, 9.17) is 15.0 Å². The lowest BCUT2D eigenvalue weighted by atomic mass is 10.3. The standard InChI is InChI=1S/C6H16NO.C3H4O2.ClH/c1-6(8)5-7(2,3)4;1-2-3(4)5;/h6,8H,5H2,1-4H3;2H,1H2,(H,4,5);1H/q+1;;/p-1. The van der Waals surface area contributed by atoms with Crippen LogP contribution in [0.15, 0.2) is 12.7 Å². The molecule has 86 valence electrons. The Hall–Kier alpha value is -0.580. The van der Waals surface area contributed by atoms with E-state index in [1.807, 2.05) is 6.92 Å². The number of rotatable bonds is 3. The second kappa shape index (κ2) is 8.99. The third kappa shape index (κ3) is 30.1. The molecule has 0 amide bonds. The molecule has 0 radical (unpaired) electrons. The molecule has 4 nitrogen and oxygen atoms in total. The highest BCUT2D eigenvalue weighted by Gasteiger charge is 2.09. The summed E-state index contributed by atoms with van der Waals surface area (Å²) in [5.74, 6) is -1.23. The van der Waals surface area contributed by atoms with Gasteiger partial charge >= 0.3 is 0 Å². The first kappa shape index (κ1) is 19.1. The molecule has 0 saturated heterocycles. The average Bonchev–Trinajstić information content (AvgIpc) is 1.83. The quantitative estimate of drug-likeness (QED) is 0.516. The number of nitrogens with zero attached hydrogens (tertiary/aromatic N) is 1. The third-order valence-electron chi connectivity index (χ3n) is 0.979. The number of aliphatic hydroxyl groups is 1. The summed E-state index contributed by atoms with van der Waals surface area (Å²) in [5, 5.41) is 18.0. The van der Waals surface area contributed by atoms with Gasteiger partial charge in [0.05, 0.1) is 27.1 Å². The van der Waals surface area contributed by atoms with Crippen molar-refractivity contribution in [1.29, 1.82) is 0 Å². The topological polar surface area (TPSA) is 60.4 Å². The number of carboxylic acid groups (broad SMARTS) is 1. The summed E-state index contributed by atoms with van der Waals surface area (Å²) < 4.78 is 0.831. The van der Waals surface area contributed by atoms with Crippen LogP contribution >= 0.6 is 12.4 Å². The van der Waals surface area contributed by atoms with Crippen LogP contribution in [0.1, 0.15) is 6.92 Å². The minimum atomic E-state index is -1.23. The molecule has 0 aromatic heterocycles. The molecule has 0 saturated carbocycles. The third-order valence-corrected chi connectivity index (χ3v) is 0.979. The minimum Gasteiger partial charge on any atom is -0.545 e. The van der Waals surface area contributed by atoms with E-state index in [1.165, 1.54) is 0 Å². The van der Waals surface area contributed by atoms with Crippen LogP contribution in [0.3, 0.4) is 0 Å². The molecule has 0 bridgehead atoms. The van der Waals surface area contributed by atoms with Gasteiger partial charge in [-0.2, -0.15) is 0 Å². The molecule has 0 spiro atoms. The maximum atomic E-state index is 9.14. The summed E-state index contributed by atoms with van der Waals surface area (Å²) in [4.78, 5) is 9.14. The smallest absolute Gasteiger partial charge is 0.104 e. The summed E-state index contributed by atoms with van der Waals surface area (Å²) in [7, 11) is 6.19. The molecule has 0 fully saturated rings. The van der Waals surface area contributed by atoms with Crippen LogP contribution in [0.25, 0.3) is 0 Å². The number of carbonyl (C=O) groups is 1. The Morgan fingerprint density at radius 1 is 1.57 bits per heavy atom. The minimum absolute atomic E-state index is 0. The van der Waals surface area contributed by atoms with Crippen LogP contribution in [0.2, 0.25) is 0 Å². The highest BCUT2D eigenvalue weighted by molar-refractivity contribution is 5.85. The van der Waals surface area contributed by atoms with E-state index in [0.717, 1.165) is 17.1 Å². The molecule has 1 N–H and O–H groups in total. The van der Waals surface area contributed by atoms with Gasteiger partial charge < -0.3 is 19.5 Å². The normalized spacial score (nSPS) is 11.5. The van der Waals surface area contributed by atoms with Crippen molar-refractivity contribution in [2.24, 2.45) is 0 Å². The molecule has 0 aliphatic rings. The van der Waals surface area contributed by atoms with Crippen LogP contribution in [-0.4, -0.2) is 49.4 Å². The van der Waals surface area contributed by atoms with Crippen molar-refractivity contribution in [2.45, 2.75) is 13.0 Å². The number of aliphatic hydroxyl groups excluding tert-OH is 1. The maximum Gasteiger partial charge on any atom is 0.104 e. The lowest BCUT2D eigenvalue weighted by Gasteiger charge is -2.24. The van der Waals surface area contributed by atoms with E-state index < -0.39 is 5.97 Å². The van der Waals surface area contributed by atoms with E-state index in [-0.39, 0.29) is 18.5 Å². The Bertz CT molecular complexity index is 164. The van der Waals surface area contributed by atoms with Crippen LogP contribution in [0, 0.1) is 0 Å². The lowest BCUT2D eigenvalue weighted by molar-refractivity contribution is -0.873. The van der Waals surface area contributed by atoms with Gasteiger partial charge in [0.15, 0.2) is 0 Å². The number of carbonyl (C=O) groups excluding carboxylic acids is 1. The molecule has 0 heterocycles. The first-order chi connectivity index (χ1) is 5.69. The van der Waals surface area contributed by atoms with Gasteiger partial charge in [-0.1, -0.05) is 6.58 Å². The molecule has 1 unspecified atom stereocenters. The predicted octanol–water partition coefficient (Wildman–Crippen LogP) is -0.582. The highest BCUT2D eigenvalue weighted by Crippen LogP contribution is 1.92. The Morgan fingerprint density at radius 2 is 1.86 bits per heavy atom. The van der Waals surface area contributed by atoms with Crippen LogP contribution < -0.4 is 5.11 Å². The number of hydrogen-bond acceptors (Lipinski definition) is 3. The van der Waals surface area contributed by atoms with E-state index in [2.05, 4.69) is 27.7 Å². The van der Waals surface area contributed by atoms with Crippen LogP contribution in [-0.2, 0) is 4.79 Å². The number of halogens is 1. The van der Waals surface area contributed by atoms with Gasteiger partial charge in [-0.05, 0) is 13.0 Å². The molecule has 0 aliphatic carbocycles. The van der Waals surface area contributed by atoms with Gasteiger partial charge in [-0.25, -0.2) is 0 Å². The maximum absolute atomic E-state index is 9.14. The largest absolute Gasteiger partial charge is 0.545 e. The number of aliphatic carboxylic acids is 1. The van der Waals surface area contributed by atoms with Gasteiger partial charge in [0, 0.05) is 0 Å². The number of hydrogen-bond donors (Lipinski definition) is 1. The summed E-state index contributed by atoms with van der Waals surface area (Å²) in [5.41, 5.74) is 0. The summed E-state index contributed by atoms with van der Waals surface area (Å²) >= 11 is 0. The molecule has 0 aromatic rings. The van der Waals surface area contributed by atoms with Gasteiger partial charge in [0.2, 0.25) is 0 Å². The zero-order valence-corrected chi connectivity index (χ0v) is 10.0. The second-order valence-corrected chi connectivity index (χ2v) is 3.85. The summed E-state index contributed by atoms with van der Waals surface area (Å²) in [6.07, 6.45) is 0.537. The predicted molar refractivity (Wildman–Crippen MR) is 57.0 cm³/mol. The monoisotopic (exact) mass is 225 g/mol. The van der Waals surface area contributed by atoms with E-state index >= 15 is 0 Å². The summed E-state index contributed by atoms with van der Waals surface area (Å²) in [6, 6.07) is 0. The van der Waals surface area contributed by atoms with Crippen LogP contribution in [0.5, 0.6) is 0 Å². The molecular weight excluding hydrogens is 206 g/mol. The molecule has 1 atom stereocenters. The number of quaternary nitrogens is 1. The first-order valence-corrected chi connectivity index (χ1v) is 4.01. The SMILES string of the molecule is C=CC(=O)[O-].CC(O)C[N+](C)(C)C.Cl. The first-order valence-electron chi connectivity index (χ1n) is 4.01. The zero-order valence-electron chi connectivity index (χ0n) is 9.19. The van der Waals surface area contributed by atoms with Crippen molar-refractivity contribution in [2.75, 3.05) is 27.7 Å². The van der Waals surface area contributed by atoms with E-state index in [9.17, 15) is 0 Å². The molecule has 0 aliphatic heterocycles. The van der Waals surface area contributed by atoms with Gasteiger partial charge in [-0.3, -0.25) is 0 Å². The highest BCUT2D eigenvalue weighted by atomic mass is 35.5. The van der Waals surface area contributed by atoms with Crippen molar-refractivity contribution in [3.05, 3.63) is 12.7 Å². The van der Waals surface area contributed by atoms with Gasteiger partial charge in [-0.15, -0.1) is 12.4 Å². The van der Waals surface area contributed by atoms with Gasteiger partial charge in [0.1, 0.15) is 12.6 Å². The Morgan fingerprint density at radius 3 is 1.86 bits per heavy atom.